The summed E-state index contributed by atoms with van der Waals surface area (Å²) in [6, 6.07) is 0. The van der Waals surface area contributed by atoms with E-state index >= 15 is 0 Å². The van der Waals surface area contributed by atoms with Gasteiger partial charge in [0, 0.05) is 40.5 Å². The second-order valence-corrected chi connectivity index (χ2v) is 3.61. The van der Waals surface area contributed by atoms with Gasteiger partial charge in [0.1, 0.15) is 0 Å². The molecule has 0 rings (SSSR count). The van der Waals surface area contributed by atoms with Crippen molar-refractivity contribution in [3.63, 3.8) is 0 Å². The topological polar surface area (TPSA) is 90.1 Å². The summed E-state index contributed by atoms with van der Waals surface area (Å²) in [6.45, 7) is 4.10. The Hall–Kier alpha value is -0.890. The summed E-state index contributed by atoms with van der Waals surface area (Å²) in [6.07, 6.45) is 1.77. The molecule has 108 valence electrons. The van der Waals surface area contributed by atoms with E-state index in [-0.39, 0.29) is 0 Å². The summed E-state index contributed by atoms with van der Waals surface area (Å²) >= 11 is 0. The number of nitrogens with one attached hydrogen (secondary N) is 2. The van der Waals surface area contributed by atoms with Crippen LogP contribution < -0.4 is 16.6 Å². The van der Waals surface area contributed by atoms with Crippen LogP contribution in [0.2, 0.25) is 0 Å². The Kier molecular flexibility index (Phi) is 13.5. The monoisotopic (exact) mass is 262 g/mol. The lowest BCUT2D eigenvalue weighted by Crippen LogP contribution is -2.42. The molecule has 4 N–H and O–H groups in total. The molecular formula is C11H26N4O3. The second-order valence-electron chi connectivity index (χ2n) is 3.61. The lowest BCUT2D eigenvalue weighted by atomic mass is 10.4. The van der Waals surface area contributed by atoms with E-state index in [4.69, 9.17) is 20.1 Å². The smallest absolute Gasteiger partial charge is 0.205 e. The number of aliphatic imine (C=N–C) groups is 1. The molecule has 0 unspecified atom stereocenters. The molecule has 0 saturated heterocycles. The van der Waals surface area contributed by atoms with Crippen LogP contribution in [0.5, 0.6) is 0 Å². The molecule has 0 fully saturated rings. The fourth-order valence-electron chi connectivity index (χ4n) is 1.18. The van der Waals surface area contributed by atoms with Gasteiger partial charge in [0.2, 0.25) is 5.96 Å². The predicted molar refractivity (Wildman–Crippen MR) is 71.4 cm³/mol. The normalized spacial score (nSPS) is 11.6. The van der Waals surface area contributed by atoms with Crippen LogP contribution in [0.25, 0.3) is 0 Å². The van der Waals surface area contributed by atoms with Crippen LogP contribution in [0.3, 0.4) is 0 Å². The number of rotatable bonds is 11. The first-order valence-corrected chi connectivity index (χ1v) is 6.15. The first-order chi connectivity index (χ1) is 8.85. The van der Waals surface area contributed by atoms with Gasteiger partial charge < -0.3 is 19.5 Å². The molecule has 0 aromatic heterocycles. The Balaban J connectivity index is 3.43. The third-order valence-corrected chi connectivity index (χ3v) is 2.10. The average Bonchev–Trinajstić information content (AvgIpc) is 2.40. The Morgan fingerprint density at radius 2 is 1.83 bits per heavy atom. The highest BCUT2D eigenvalue weighted by Gasteiger charge is 1.95. The van der Waals surface area contributed by atoms with E-state index in [1.165, 1.54) is 0 Å². The van der Waals surface area contributed by atoms with Gasteiger partial charge in [0.25, 0.3) is 0 Å². The Labute approximate surface area is 109 Å². The maximum atomic E-state index is 5.35. The number of nitrogens with two attached hydrogens (primary N) is 1. The predicted octanol–water partition coefficient (Wildman–Crippen LogP) is -0.515. The highest BCUT2D eigenvalue weighted by atomic mass is 16.5. The minimum atomic E-state index is 0.600. The molecule has 0 aromatic rings. The summed E-state index contributed by atoms with van der Waals surface area (Å²) in [4.78, 5) is 4.26. The molecule has 7 heteroatoms. The van der Waals surface area contributed by atoms with Gasteiger partial charge in [-0.15, -0.1) is 0 Å². The van der Waals surface area contributed by atoms with Crippen molar-refractivity contribution in [1.29, 1.82) is 0 Å². The van der Waals surface area contributed by atoms with Crippen LogP contribution in [0.15, 0.2) is 4.99 Å². The third-order valence-electron chi connectivity index (χ3n) is 2.10. The number of hydrogen-bond donors (Lipinski definition) is 3. The SMILES string of the molecule is COCCCN=C(NN)NCCCOCCOC. The summed E-state index contributed by atoms with van der Waals surface area (Å²) in [5, 5.41) is 3.10. The molecule has 0 amide bonds. The van der Waals surface area contributed by atoms with Crippen LogP contribution in [0, 0.1) is 0 Å². The van der Waals surface area contributed by atoms with Crippen molar-refractivity contribution in [2.45, 2.75) is 12.8 Å². The van der Waals surface area contributed by atoms with Gasteiger partial charge >= 0.3 is 0 Å². The summed E-state index contributed by atoms with van der Waals surface area (Å²) in [5.74, 6) is 5.95. The van der Waals surface area contributed by atoms with Crippen LogP contribution in [-0.2, 0) is 14.2 Å². The van der Waals surface area contributed by atoms with E-state index < -0.39 is 0 Å². The van der Waals surface area contributed by atoms with E-state index in [0.717, 1.165) is 19.4 Å². The Morgan fingerprint density at radius 3 is 2.50 bits per heavy atom. The number of hydrogen-bond acceptors (Lipinski definition) is 5. The second kappa shape index (κ2) is 14.2. The highest BCUT2D eigenvalue weighted by Crippen LogP contribution is 1.84. The van der Waals surface area contributed by atoms with Crippen molar-refractivity contribution in [2.75, 3.05) is 53.7 Å². The molecule has 0 atom stereocenters. The van der Waals surface area contributed by atoms with Crippen molar-refractivity contribution < 1.29 is 14.2 Å². The zero-order chi connectivity index (χ0) is 13.5. The number of ether oxygens (including phenoxy) is 3. The third kappa shape index (κ3) is 11.6. The van der Waals surface area contributed by atoms with Crippen molar-refractivity contribution in [1.82, 2.24) is 10.7 Å². The molecule has 0 bridgehead atoms. The van der Waals surface area contributed by atoms with E-state index in [1.807, 2.05) is 0 Å². The summed E-state index contributed by atoms with van der Waals surface area (Å²) in [7, 11) is 3.33. The van der Waals surface area contributed by atoms with Gasteiger partial charge in [0.15, 0.2) is 0 Å². The molecule has 0 aromatic carbocycles. The van der Waals surface area contributed by atoms with Crippen LogP contribution >= 0.6 is 0 Å². The van der Waals surface area contributed by atoms with Crippen molar-refractivity contribution in [3.8, 4) is 0 Å². The minimum Gasteiger partial charge on any atom is -0.385 e. The molecule has 0 saturated carbocycles. The van der Waals surface area contributed by atoms with Crippen molar-refractivity contribution in [3.05, 3.63) is 0 Å². The highest BCUT2D eigenvalue weighted by molar-refractivity contribution is 5.79. The lowest BCUT2D eigenvalue weighted by Gasteiger charge is -2.09. The fraction of sp³-hybridized carbons (Fsp3) is 0.909. The van der Waals surface area contributed by atoms with Gasteiger partial charge in [-0.05, 0) is 12.8 Å². The van der Waals surface area contributed by atoms with Crippen molar-refractivity contribution in [2.24, 2.45) is 10.8 Å². The van der Waals surface area contributed by atoms with Gasteiger partial charge in [-0.25, -0.2) is 5.84 Å². The van der Waals surface area contributed by atoms with Crippen molar-refractivity contribution >= 4 is 5.96 Å². The maximum Gasteiger partial charge on any atom is 0.205 e. The number of guanidine groups is 1. The summed E-state index contributed by atoms with van der Waals surface area (Å²) in [5.41, 5.74) is 2.53. The first kappa shape index (κ1) is 17.1. The molecule has 0 aliphatic heterocycles. The number of hydrazine groups is 1. The number of methoxy groups -OCH3 is 2. The Morgan fingerprint density at radius 1 is 1.06 bits per heavy atom. The molecule has 0 radical (unpaired) electrons. The zero-order valence-corrected chi connectivity index (χ0v) is 11.4. The van der Waals surface area contributed by atoms with E-state index in [0.29, 0.717) is 38.9 Å². The quantitative estimate of drug-likeness (QED) is 0.153. The van der Waals surface area contributed by atoms with E-state index in [2.05, 4.69) is 15.7 Å². The van der Waals surface area contributed by atoms with Crippen LogP contribution in [-0.4, -0.2) is 59.7 Å². The molecule has 0 heterocycles. The fourth-order valence-corrected chi connectivity index (χ4v) is 1.18. The van der Waals surface area contributed by atoms with E-state index in [9.17, 15) is 0 Å². The van der Waals surface area contributed by atoms with Gasteiger partial charge in [-0.1, -0.05) is 0 Å². The molecule has 0 aliphatic rings. The first-order valence-electron chi connectivity index (χ1n) is 6.15. The average molecular weight is 262 g/mol. The van der Waals surface area contributed by atoms with Gasteiger partial charge in [-0.2, -0.15) is 0 Å². The van der Waals surface area contributed by atoms with Gasteiger partial charge in [-0.3, -0.25) is 10.4 Å². The zero-order valence-electron chi connectivity index (χ0n) is 11.4. The molecule has 0 aliphatic carbocycles. The summed E-state index contributed by atoms with van der Waals surface area (Å²) < 4.78 is 15.1. The lowest BCUT2D eigenvalue weighted by molar-refractivity contribution is 0.0698. The molecule has 18 heavy (non-hydrogen) atoms. The maximum absolute atomic E-state index is 5.35. The molecule has 0 spiro atoms. The number of nitrogens with zero attached hydrogens (tertiary/aromatic N) is 1. The minimum absolute atomic E-state index is 0.600. The molecule has 7 nitrogen and oxygen atoms in total. The largest absolute Gasteiger partial charge is 0.385 e. The Bertz CT molecular complexity index is 203. The van der Waals surface area contributed by atoms with Crippen LogP contribution in [0.4, 0.5) is 0 Å². The molecular weight excluding hydrogens is 236 g/mol. The standard InChI is InChI=1S/C11H26N4O3/c1-16-7-3-5-13-11(15-12)14-6-4-8-18-10-9-17-2/h3-10,12H2,1-2H3,(H2,13,14,15). The van der Waals surface area contributed by atoms with Crippen LogP contribution in [0.1, 0.15) is 12.8 Å². The van der Waals surface area contributed by atoms with Gasteiger partial charge in [0.05, 0.1) is 13.2 Å². The van der Waals surface area contributed by atoms with E-state index in [1.54, 1.807) is 14.2 Å².